The lowest BCUT2D eigenvalue weighted by Gasteiger charge is -2.26. The Hall–Kier alpha value is -2.03. The fourth-order valence-electron chi connectivity index (χ4n) is 3.18. The first-order chi connectivity index (χ1) is 9.69. The lowest BCUT2D eigenvalue weighted by Crippen LogP contribution is -2.30. The molecule has 1 aliphatic rings. The summed E-state index contributed by atoms with van der Waals surface area (Å²) in [6.45, 7) is 2.29. The van der Waals surface area contributed by atoms with E-state index in [4.69, 9.17) is 4.74 Å². The van der Waals surface area contributed by atoms with Gasteiger partial charge in [0.15, 0.2) is 0 Å². The van der Waals surface area contributed by atoms with Gasteiger partial charge in [0, 0.05) is 19.0 Å². The Labute approximate surface area is 118 Å². The van der Waals surface area contributed by atoms with Crippen LogP contribution >= 0.6 is 0 Å². The van der Waals surface area contributed by atoms with Crippen molar-refractivity contribution in [2.45, 2.75) is 19.8 Å². The van der Waals surface area contributed by atoms with Gasteiger partial charge in [0.05, 0.1) is 7.11 Å². The van der Waals surface area contributed by atoms with Gasteiger partial charge in [0.2, 0.25) is 5.91 Å². The summed E-state index contributed by atoms with van der Waals surface area (Å²) >= 11 is 0. The van der Waals surface area contributed by atoms with E-state index >= 15 is 0 Å². The quantitative estimate of drug-likeness (QED) is 0.930. The third-order valence-electron chi connectivity index (χ3n) is 4.06. The van der Waals surface area contributed by atoms with E-state index in [2.05, 4.69) is 29.6 Å². The fraction of sp³-hybridized carbons (Fsp3) is 0.353. The van der Waals surface area contributed by atoms with Gasteiger partial charge in [-0.05, 0) is 41.2 Å². The van der Waals surface area contributed by atoms with E-state index in [1.807, 2.05) is 6.07 Å². The number of carbonyl (C=O) groups is 1. The third-order valence-corrected chi connectivity index (χ3v) is 4.06. The molecule has 0 spiro atoms. The van der Waals surface area contributed by atoms with Gasteiger partial charge in [-0.25, -0.2) is 0 Å². The average molecular weight is 269 g/mol. The molecule has 1 unspecified atom stereocenters. The summed E-state index contributed by atoms with van der Waals surface area (Å²) in [6, 6.07) is 10.6. The van der Waals surface area contributed by atoms with Crippen LogP contribution < -0.4 is 10.1 Å². The van der Waals surface area contributed by atoms with Crippen LogP contribution in [0.5, 0.6) is 5.75 Å². The zero-order chi connectivity index (χ0) is 14.1. The maximum Gasteiger partial charge on any atom is 0.216 e. The highest BCUT2D eigenvalue weighted by atomic mass is 16.5. The molecule has 0 aliphatic heterocycles. The van der Waals surface area contributed by atoms with Crippen LogP contribution in [0, 0.1) is 5.92 Å². The summed E-state index contributed by atoms with van der Waals surface area (Å²) in [4.78, 5) is 11.1. The molecular formula is C17H19NO2. The van der Waals surface area contributed by atoms with Gasteiger partial charge in [0.1, 0.15) is 5.75 Å². The molecule has 1 amide bonds. The van der Waals surface area contributed by atoms with Crippen molar-refractivity contribution in [2.75, 3.05) is 13.7 Å². The first-order valence-electron chi connectivity index (χ1n) is 7.01. The molecule has 0 fully saturated rings. The monoisotopic (exact) mass is 269 g/mol. The van der Waals surface area contributed by atoms with Gasteiger partial charge in [-0.2, -0.15) is 0 Å². The third kappa shape index (κ3) is 2.24. The van der Waals surface area contributed by atoms with Crippen LogP contribution in [0.3, 0.4) is 0 Å². The van der Waals surface area contributed by atoms with E-state index in [-0.39, 0.29) is 5.91 Å². The van der Waals surface area contributed by atoms with Crippen molar-refractivity contribution in [3.8, 4) is 5.75 Å². The number of nitrogens with one attached hydrogen (secondary N) is 1. The number of ether oxygens (including phenoxy) is 1. The molecule has 3 heteroatoms. The maximum atomic E-state index is 11.1. The Bertz CT molecular complexity index is 663. The van der Waals surface area contributed by atoms with Gasteiger partial charge < -0.3 is 10.1 Å². The van der Waals surface area contributed by atoms with Crippen molar-refractivity contribution in [1.82, 2.24) is 5.32 Å². The van der Waals surface area contributed by atoms with Crippen molar-refractivity contribution in [1.29, 1.82) is 0 Å². The van der Waals surface area contributed by atoms with Crippen molar-refractivity contribution in [3.63, 3.8) is 0 Å². The second kappa shape index (κ2) is 5.16. The summed E-state index contributed by atoms with van der Waals surface area (Å²) in [6.07, 6.45) is 1.97. The molecule has 3 nitrogen and oxygen atoms in total. The van der Waals surface area contributed by atoms with Crippen molar-refractivity contribution in [3.05, 3.63) is 41.5 Å². The molecule has 2 aromatic rings. The van der Waals surface area contributed by atoms with Gasteiger partial charge in [-0.3, -0.25) is 4.79 Å². The van der Waals surface area contributed by atoms with E-state index in [0.29, 0.717) is 5.92 Å². The summed E-state index contributed by atoms with van der Waals surface area (Å²) in [7, 11) is 1.72. The molecule has 1 aliphatic carbocycles. The number of rotatable bonds is 3. The zero-order valence-corrected chi connectivity index (χ0v) is 11.9. The molecular weight excluding hydrogens is 250 g/mol. The minimum atomic E-state index is 0.0361. The molecule has 104 valence electrons. The smallest absolute Gasteiger partial charge is 0.216 e. The molecule has 20 heavy (non-hydrogen) atoms. The van der Waals surface area contributed by atoms with Crippen LogP contribution in [0.4, 0.5) is 0 Å². The average Bonchev–Trinajstić information content (AvgIpc) is 2.46. The number of benzene rings is 2. The highest BCUT2D eigenvalue weighted by Crippen LogP contribution is 2.37. The Morgan fingerprint density at radius 2 is 2.15 bits per heavy atom. The molecule has 0 saturated heterocycles. The topological polar surface area (TPSA) is 38.3 Å². The first kappa shape index (κ1) is 13.0. The van der Waals surface area contributed by atoms with Gasteiger partial charge >= 0.3 is 0 Å². The Kier molecular flexibility index (Phi) is 3.35. The predicted octanol–water partition coefficient (Wildman–Crippen LogP) is 2.70. The minimum Gasteiger partial charge on any atom is -0.496 e. The molecule has 0 radical (unpaired) electrons. The first-order valence-corrected chi connectivity index (χ1v) is 7.01. The van der Waals surface area contributed by atoms with E-state index in [1.54, 1.807) is 14.0 Å². The second-order valence-corrected chi connectivity index (χ2v) is 5.47. The number of amides is 1. The lowest BCUT2D eigenvalue weighted by atomic mass is 9.81. The molecule has 0 bridgehead atoms. The fourth-order valence-corrected chi connectivity index (χ4v) is 3.18. The summed E-state index contributed by atoms with van der Waals surface area (Å²) in [5, 5.41) is 5.55. The molecule has 3 rings (SSSR count). The number of methoxy groups -OCH3 is 1. The molecule has 0 aromatic heterocycles. The van der Waals surface area contributed by atoms with Crippen LogP contribution in [-0.4, -0.2) is 19.6 Å². The molecule has 1 atom stereocenters. The van der Waals surface area contributed by atoms with Crippen molar-refractivity contribution >= 4 is 16.7 Å². The van der Waals surface area contributed by atoms with Crippen LogP contribution in [0.15, 0.2) is 30.3 Å². The molecule has 2 aromatic carbocycles. The van der Waals surface area contributed by atoms with Crippen LogP contribution in [0.25, 0.3) is 10.8 Å². The van der Waals surface area contributed by atoms with Gasteiger partial charge in [-0.15, -0.1) is 0 Å². The molecule has 0 saturated carbocycles. The van der Waals surface area contributed by atoms with E-state index in [9.17, 15) is 4.79 Å². The Morgan fingerprint density at radius 1 is 1.30 bits per heavy atom. The summed E-state index contributed by atoms with van der Waals surface area (Å²) < 4.78 is 5.52. The Balaban J connectivity index is 2.01. The van der Waals surface area contributed by atoms with E-state index in [0.717, 1.165) is 25.1 Å². The summed E-state index contributed by atoms with van der Waals surface area (Å²) in [5.74, 6) is 1.43. The number of hydrogen-bond acceptors (Lipinski definition) is 2. The second-order valence-electron chi connectivity index (χ2n) is 5.47. The van der Waals surface area contributed by atoms with Crippen molar-refractivity contribution < 1.29 is 9.53 Å². The largest absolute Gasteiger partial charge is 0.496 e. The van der Waals surface area contributed by atoms with Crippen LogP contribution in [0.2, 0.25) is 0 Å². The van der Waals surface area contributed by atoms with E-state index < -0.39 is 0 Å². The number of hydrogen-bond donors (Lipinski definition) is 1. The SMILES string of the molecule is COc1ccc2cccc3c2c1CC(CNC(C)=O)C3. The Morgan fingerprint density at radius 3 is 2.90 bits per heavy atom. The van der Waals surface area contributed by atoms with Crippen LogP contribution in [0.1, 0.15) is 18.1 Å². The lowest BCUT2D eigenvalue weighted by molar-refractivity contribution is -0.119. The summed E-state index contributed by atoms with van der Waals surface area (Å²) in [5.41, 5.74) is 2.64. The van der Waals surface area contributed by atoms with Crippen molar-refractivity contribution in [2.24, 2.45) is 5.92 Å². The normalized spacial score (nSPS) is 17.0. The van der Waals surface area contributed by atoms with Gasteiger partial charge in [-0.1, -0.05) is 24.3 Å². The highest BCUT2D eigenvalue weighted by Gasteiger charge is 2.23. The zero-order valence-electron chi connectivity index (χ0n) is 11.9. The minimum absolute atomic E-state index is 0.0361. The predicted molar refractivity (Wildman–Crippen MR) is 80.1 cm³/mol. The molecule has 1 N–H and O–H groups in total. The van der Waals surface area contributed by atoms with Crippen LogP contribution in [-0.2, 0) is 17.6 Å². The molecule has 0 heterocycles. The standard InChI is InChI=1S/C17H19NO2/c1-11(19)18-10-12-8-14-5-3-4-13-6-7-16(20-2)15(9-12)17(13)14/h3-7,12H,8-10H2,1-2H3,(H,18,19). The van der Waals surface area contributed by atoms with Gasteiger partial charge in [0.25, 0.3) is 0 Å². The number of carbonyl (C=O) groups excluding carboxylic acids is 1. The highest BCUT2D eigenvalue weighted by molar-refractivity contribution is 5.91. The van der Waals surface area contributed by atoms with E-state index in [1.165, 1.54) is 21.9 Å². The maximum absolute atomic E-state index is 11.1.